The number of aromatic nitrogens is 1. The largest absolute Gasteiger partial charge is 0.370 e. The van der Waals surface area contributed by atoms with Gasteiger partial charge in [-0.1, -0.05) is 0 Å². The second-order valence-corrected chi connectivity index (χ2v) is 10.2. The first-order valence-corrected chi connectivity index (χ1v) is 12.1. The lowest BCUT2D eigenvalue weighted by molar-refractivity contribution is 0.166. The van der Waals surface area contributed by atoms with Crippen LogP contribution in [0.1, 0.15) is 57.6 Å². The van der Waals surface area contributed by atoms with E-state index in [1.54, 1.807) is 0 Å². The van der Waals surface area contributed by atoms with Crippen LogP contribution in [-0.2, 0) is 0 Å². The van der Waals surface area contributed by atoms with Gasteiger partial charge in [0.05, 0.1) is 11.4 Å². The van der Waals surface area contributed by atoms with Gasteiger partial charge in [-0.25, -0.2) is 4.98 Å². The minimum Gasteiger partial charge on any atom is -0.370 e. The van der Waals surface area contributed by atoms with E-state index in [0.717, 1.165) is 25.2 Å². The summed E-state index contributed by atoms with van der Waals surface area (Å²) in [4.78, 5) is 13.0. The zero-order chi connectivity index (χ0) is 19.8. The molecule has 0 radical (unpaired) electrons. The van der Waals surface area contributed by atoms with Gasteiger partial charge in [0.2, 0.25) is 0 Å². The van der Waals surface area contributed by atoms with Crippen LogP contribution in [0.25, 0.3) is 0 Å². The number of aryl methyl sites for hydroxylation is 1. The summed E-state index contributed by atoms with van der Waals surface area (Å²) in [5, 5.41) is 3.55. The molecule has 0 amide bonds. The molecule has 5 heteroatoms. The van der Waals surface area contributed by atoms with Crippen molar-refractivity contribution in [3.8, 4) is 0 Å². The summed E-state index contributed by atoms with van der Waals surface area (Å²) in [5.41, 5.74) is 3.12. The first-order valence-electron chi connectivity index (χ1n) is 12.1. The predicted octanol–water partition coefficient (Wildman–Crippen LogP) is 3.42. The van der Waals surface area contributed by atoms with Crippen LogP contribution >= 0.6 is 0 Å². The van der Waals surface area contributed by atoms with E-state index in [9.17, 15) is 0 Å². The Hall–Kier alpha value is -1.33. The van der Waals surface area contributed by atoms with Gasteiger partial charge in [-0.2, -0.15) is 0 Å². The molecule has 1 aromatic rings. The molecule has 0 bridgehead atoms. The van der Waals surface area contributed by atoms with Crippen LogP contribution in [0.3, 0.4) is 0 Å². The molecule has 4 saturated heterocycles. The third-order valence-electron chi connectivity index (χ3n) is 8.27. The molecular formula is C24H39N5. The predicted molar refractivity (Wildman–Crippen MR) is 121 cm³/mol. The zero-order valence-corrected chi connectivity index (χ0v) is 18.5. The van der Waals surface area contributed by atoms with Crippen molar-refractivity contribution in [3.05, 3.63) is 17.8 Å². The molecule has 1 aromatic heterocycles. The van der Waals surface area contributed by atoms with E-state index in [4.69, 9.17) is 4.98 Å². The van der Waals surface area contributed by atoms with Crippen LogP contribution < -0.4 is 15.1 Å². The molecular weight excluding hydrogens is 358 g/mol. The van der Waals surface area contributed by atoms with Gasteiger partial charge in [-0.3, -0.25) is 4.90 Å². The van der Waals surface area contributed by atoms with Crippen molar-refractivity contribution in [2.24, 2.45) is 5.41 Å². The van der Waals surface area contributed by atoms with Crippen molar-refractivity contribution in [2.75, 3.05) is 55.6 Å². The summed E-state index contributed by atoms with van der Waals surface area (Å²) < 4.78 is 0. The second kappa shape index (κ2) is 8.07. The number of likely N-dealkylation sites (tertiary alicyclic amines) is 1. The number of pyridine rings is 1. The van der Waals surface area contributed by atoms with Crippen molar-refractivity contribution in [3.63, 3.8) is 0 Å². The average molecular weight is 398 g/mol. The van der Waals surface area contributed by atoms with Crippen LogP contribution in [0.4, 0.5) is 11.5 Å². The Bertz CT molecular complexity index is 708. The second-order valence-electron chi connectivity index (χ2n) is 10.2. The van der Waals surface area contributed by atoms with Gasteiger partial charge in [0.15, 0.2) is 0 Å². The fourth-order valence-corrected chi connectivity index (χ4v) is 6.55. The normalized spacial score (nSPS) is 30.4. The van der Waals surface area contributed by atoms with Crippen LogP contribution in [-0.4, -0.2) is 67.8 Å². The van der Waals surface area contributed by atoms with Crippen molar-refractivity contribution in [1.29, 1.82) is 0 Å². The van der Waals surface area contributed by atoms with E-state index >= 15 is 0 Å². The maximum Gasteiger partial charge on any atom is 0.129 e. The fraction of sp³-hybridized carbons (Fsp3) is 0.792. The smallest absolute Gasteiger partial charge is 0.129 e. The summed E-state index contributed by atoms with van der Waals surface area (Å²) in [6.45, 7) is 13.0. The number of anilines is 2. The molecule has 0 saturated carbocycles. The molecule has 1 N–H and O–H groups in total. The molecule has 5 rings (SSSR count). The van der Waals surface area contributed by atoms with Crippen LogP contribution in [0, 0.1) is 12.3 Å². The lowest BCUT2D eigenvalue weighted by Gasteiger charge is -2.46. The number of rotatable bonds is 3. The van der Waals surface area contributed by atoms with Crippen molar-refractivity contribution < 1.29 is 0 Å². The summed E-state index contributed by atoms with van der Waals surface area (Å²) in [6, 6.07) is 6.14. The highest BCUT2D eigenvalue weighted by Crippen LogP contribution is 2.40. The molecule has 0 aromatic carbocycles. The standard InChI is InChI=1S/C24H39N5/c1-19-5-3-15-29(19)21-8-16-27(17-21)23-7-6-22(20(2)26-23)28-14-4-9-24(18-28)10-12-25-13-11-24/h6-7,19,21,25H,3-5,8-18H2,1-2H3/t19-,21+/m0/s1. The Morgan fingerprint density at radius 1 is 1.00 bits per heavy atom. The van der Waals surface area contributed by atoms with Crippen molar-refractivity contribution in [2.45, 2.75) is 70.9 Å². The lowest BCUT2D eigenvalue weighted by Crippen LogP contribution is -2.48. The van der Waals surface area contributed by atoms with Gasteiger partial charge in [-0.05, 0) is 96.0 Å². The Morgan fingerprint density at radius 2 is 1.86 bits per heavy atom. The molecule has 4 aliphatic heterocycles. The third kappa shape index (κ3) is 3.88. The molecule has 0 aliphatic carbocycles. The average Bonchev–Trinajstić information content (AvgIpc) is 3.37. The van der Waals surface area contributed by atoms with E-state index in [0.29, 0.717) is 5.41 Å². The first kappa shape index (κ1) is 19.6. The molecule has 0 unspecified atom stereocenters. The minimum atomic E-state index is 0.531. The highest BCUT2D eigenvalue weighted by atomic mass is 15.3. The number of hydrogen-bond acceptors (Lipinski definition) is 5. The fourth-order valence-electron chi connectivity index (χ4n) is 6.55. The topological polar surface area (TPSA) is 34.6 Å². The van der Waals surface area contributed by atoms with E-state index in [-0.39, 0.29) is 0 Å². The number of nitrogens with zero attached hydrogens (tertiary/aromatic N) is 4. The van der Waals surface area contributed by atoms with Gasteiger partial charge in [0, 0.05) is 38.3 Å². The van der Waals surface area contributed by atoms with Crippen LogP contribution in [0.2, 0.25) is 0 Å². The Labute approximate surface area is 176 Å². The SMILES string of the molecule is Cc1nc(N2CC[C@@H](N3CCC[C@@H]3C)C2)ccc1N1CCCC2(CCNCC2)C1. The van der Waals surface area contributed by atoms with Crippen LogP contribution in [0.15, 0.2) is 12.1 Å². The van der Waals surface area contributed by atoms with E-state index in [1.165, 1.54) is 94.9 Å². The molecule has 4 fully saturated rings. The number of hydrogen-bond donors (Lipinski definition) is 1. The highest BCUT2D eigenvalue weighted by molar-refractivity contribution is 5.56. The number of nitrogens with one attached hydrogen (secondary N) is 1. The zero-order valence-electron chi connectivity index (χ0n) is 18.5. The molecule has 5 heterocycles. The molecule has 2 atom stereocenters. The Morgan fingerprint density at radius 3 is 2.62 bits per heavy atom. The lowest BCUT2D eigenvalue weighted by atomic mass is 9.73. The quantitative estimate of drug-likeness (QED) is 0.845. The van der Waals surface area contributed by atoms with Crippen molar-refractivity contribution >= 4 is 11.5 Å². The van der Waals surface area contributed by atoms with E-state index in [2.05, 4.69) is 46.0 Å². The maximum atomic E-state index is 5.10. The van der Waals surface area contributed by atoms with Crippen molar-refractivity contribution in [1.82, 2.24) is 15.2 Å². The summed E-state index contributed by atoms with van der Waals surface area (Å²) in [5.74, 6) is 1.19. The summed E-state index contributed by atoms with van der Waals surface area (Å²) in [6.07, 6.45) is 9.42. The third-order valence-corrected chi connectivity index (χ3v) is 8.27. The van der Waals surface area contributed by atoms with Gasteiger partial charge in [-0.15, -0.1) is 0 Å². The molecule has 1 spiro atoms. The first-order chi connectivity index (χ1) is 14.1. The summed E-state index contributed by atoms with van der Waals surface area (Å²) >= 11 is 0. The van der Waals surface area contributed by atoms with Gasteiger partial charge in [0.1, 0.15) is 5.82 Å². The Balaban J connectivity index is 1.27. The van der Waals surface area contributed by atoms with Crippen LogP contribution in [0.5, 0.6) is 0 Å². The molecule has 29 heavy (non-hydrogen) atoms. The molecule has 4 aliphatic rings. The number of piperidine rings is 2. The Kier molecular flexibility index (Phi) is 5.46. The minimum absolute atomic E-state index is 0.531. The van der Waals surface area contributed by atoms with Gasteiger partial charge < -0.3 is 15.1 Å². The van der Waals surface area contributed by atoms with E-state index < -0.39 is 0 Å². The van der Waals surface area contributed by atoms with E-state index in [1.807, 2.05) is 0 Å². The molecule has 160 valence electrons. The summed E-state index contributed by atoms with van der Waals surface area (Å²) in [7, 11) is 0. The maximum absolute atomic E-state index is 5.10. The highest BCUT2D eigenvalue weighted by Gasteiger charge is 2.37. The monoisotopic (exact) mass is 397 g/mol. The van der Waals surface area contributed by atoms with Gasteiger partial charge >= 0.3 is 0 Å². The van der Waals surface area contributed by atoms with Gasteiger partial charge in [0.25, 0.3) is 0 Å². The molecule has 5 nitrogen and oxygen atoms in total.